The molecule has 0 atom stereocenters. The van der Waals surface area contributed by atoms with Gasteiger partial charge in [-0.1, -0.05) is 29.8 Å². The highest BCUT2D eigenvalue weighted by Gasteiger charge is 2.08. The highest BCUT2D eigenvalue weighted by Crippen LogP contribution is 2.09. The van der Waals surface area contributed by atoms with Crippen LogP contribution < -0.4 is 5.32 Å². The first-order chi connectivity index (χ1) is 10.0. The maximum absolute atomic E-state index is 13.1. The van der Waals surface area contributed by atoms with Crippen molar-refractivity contribution < 1.29 is 9.18 Å². The van der Waals surface area contributed by atoms with Crippen molar-refractivity contribution in [3.8, 4) is 0 Å². The van der Waals surface area contributed by atoms with Crippen LogP contribution in [-0.4, -0.2) is 24.4 Å². The van der Waals surface area contributed by atoms with Crippen molar-refractivity contribution in [2.45, 2.75) is 13.5 Å². The molecule has 0 aromatic heterocycles. The van der Waals surface area contributed by atoms with Gasteiger partial charge >= 0.3 is 0 Å². The van der Waals surface area contributed by atoms with Crippen LogP contribution in [0.3, 0.4) is 0 Å². The summed E-state index contributed by atoms with van der Waals surface area (Å²) in [6, 6.07) is 14.1. The van der Waals surface area contributed by atoms with E-state index in [-0.39, 0.29) is 18.3 Å². The summed E-state index contributed by atoms with van der Waals surface area (Å²) in [5.41, 5.74) is 2.78. The molecule has 0 radical (unpaired) electrons. The second-order valence-corrected chi connectivity index (χ2v) is 5.22. The number of hydrogen-bond donors (Lipinski definition) is 1. The van der Waals surface area contributed by atoms with Crippen molar-refractivity contribution in [1.29, 1.82) is 0 Å². The van der Waals surface area contributed by atoms with Gasteiger partial charge in [0.2, 0.25) is 5.91 Å². The first-order valence-corrected chi connectivity index (χ1v) is 6.82. The van der Waals surface area contributed by atoms with E-state index in [1.807, 2.05) is 49.2 Å². The molecular weight excluding hydrogens is 267 g/mol. The average Bonchev–Trinajstić information content (AvgIpc) is 2.41. The van der Waals surface area contributed by atoms with Gasteiger partial charge in [0.1, 0.15) is 5.82 Å². The van der Waals surface area contributed by atoms with E-state index in [0.29, 0.717) is 6.54 Å². The number of rotatable bonds is 5. The van der Waals surface area contributed by atoms with E-state index in [1.54, 1.807) is 6.07 Å². The van der Waals surface area contributed by atoms with Crippen molar-refractivity contribution in [1.82, 2.24) is 4.90 Å². The molecule has 0 saturated heterocycles. The van der Waals surface area contributed by atoms with E-state index in [0.717, 1.165) is 16.8 Å². The first kappa shape index (κ1) is 15.2. The Kier molecular flexibility index (Phi) is 5.06. The number of carbonyl (C=O) groups is 1. The quantitative estimate of drug-likeness (QED) is 0.915. The number of hydrogen-bond acceptors (Lipinski definition) is 2. The number of amides is 1. The molecule has 0 spiro atoms. The lowest BCUT2D eigenvalue weighted by atomic mass is 10.2. The molecule has 2 aromatic rings. The van der Waals surface area contributed by atoms with Crippen LogP contribution in [0, 0.1) is 12.7 Å². The predicted octanol–water partition coefficient (Wildman–Crippen LogP) is 3.20. The fourth-order valence-corrected chi connectivity index (χ4v) is 2.09. The third-order valence-corrected chi connectivity index (χ3v) is 3.09. The maximum Gasteiger partial charge on any atom is 0.238 e. The molecule has 21 heavy (non-hydrogen) atoms. The lowest BCUT2D eigenvalue weighted by Gasteiger charge is -2.16. The smallest absolute Gasteiger partial charge is 0.238 e. The van der Waals surface area contributed by atoms with Crippen molar-refractivity contribution in [3.63, 3.8) is 0 Å². The second kappa shape index (κ2) is 6.99. The molecule has 0 aliphatic heterocycles. The first-order valence-electron chi connectivity index (χ1n) is 6.82. The van der Waals surface area contributed by atoms with Gasteiger partial charge in [-0.05, 0) is 43.8 Å². The van der Waals surface area contributed by atoms with E-state index in [2.05, 4.69) is 5.32 Å². The number of halogens is 1. The van der Waals surface area contributed by atoms with E-state index >= 15 is 0 Å². The summed E-state index contributed by atoms with van der Waals surface area (Å²) in [6.07, 6.45) is 0. The van der Waals surface area contributed by atoms with Gasteiger partial charge in [0.25, 0.3) is 0 Å². The van der Waals surface area contributed by atoms with Crippen LogP contribution in [0.2, 0.25) is 0 Å². The van der Waals surface area contributed by atoms with E-state index in [1.165, 1.54) is 12.1 Å². The van der Waals surface area contributed by atoms with Crippen molar-refractivity contribution in [2.24, 2.45) is 0 Å². The summed E-state index contributed by atoms with van der Waals surface area (Å²) in [7, 11) is 1.83. The van der Waals surface area contributed by atoms with Crippen LogP contribution in [-0.2, 0) is 11.3 Å². The molecule has 0 bridgehead atoms. The largest absolute Gasteiger partial charge is 0.325 e. The van der Waals surface area contributed by atoms with Gasteiger partial charge in [-0.3, -0.25) is 9.69 Å². The number of likely N-dealkylation sites (N-methyl/N-ethyl adjacent to an activating group) is 1. The van der Waals surface area contributed by atoms with Crippen LogP contribution in [0.15, 0.2) is 48.5 Å². The van der Waals surface area contributed by atoms with Crippen molar-refractivity contribution in [3.05, 3.63) is 65.5 Å². The highest BCUT2D eigenvalue weighted by atomic mass is 19.1. The molecule has 2 rings (SSSR count). The Labute approximate surface area is 124 Å². The predicted molar refractivity (Wildman–Crippen MR) is 82.5 cm³/mol. The Morgan fingerprint density at radius 3 is 2.57 bits per heavy atom. The lowest BCUT2D eigenvalue weighted by molar-refractivity contribution is -0.117. The molecule has 1 amide bonds. The normalized spacial score (nSPS) is 10.7. The van der Waals surface area contributed by atoms with Crippen molar-refractivity contribution >= 4 is 11.6 Å². The minimum absolute atomic E-state index is 0.0854. The number of benzene rings is 2. The Balaban J connectivity index is 1.86. The summed E-state index contributed by atoms with van der Waals surface area (Å²) in [5, 5.41) is 2.84. The molecule has 0 fully saturated rings. The number of anilines is 1. The van der Waals surface area contributed by atoms with Crippen molar-refractivity contribution in [2.75, 3.05) is 18.9 Å². The molecule has 2 aromatic carbocycles. The van der Waals surface area contributed by atoms with Gasteiger partial charge in [-0.25, -0.2) is 4.39 Å². The van der Waals surface area contributed by atoms with Crippen LogP contribution in [0.1, 0.15) is 11.1 Å². The molecule has 0 unspecified atom stereocenters. The Bertz CT molecular complexity index is 610. The van der Waals surface area contributed by atoms with E-state index in [9.17, 15) is 9.18 Å². The van der Waals surface area contributed by atoms with E-state index in [4.69, 9.17) is 0 Å². The van der Waals surface area contributed by atoms with Gasteiger partial charge < -0.3 is 5.32 Å². The van der Waals surface area contributed by atoms with Gasteiger partial charge in [0, 0.05) is 12.2 Å². The summed E-state index contributed by atoms with van der Waals surface area (Å²) in [5.74, 6) is -0.345. The zero-order valence-corrected chi connectivity index (χ0v) is 12.3. The average molecular weight is 286 g/mol. The van der Waals surface area contributed by atoms with Crippen LogP contribution in [0.5, 0.6) is 0 Å². The Morgan fingerprint density at radius 2 is 1.90 bits per heavy atom. The Morgan fingerprint density at radius 1 is 1.19 bits per heavy atom. The van der Waals surface area contributed by atoms with Gasteiger partial charge in [0.05, 0.1) is 6.54 Å². The molecule has 4 heteroatoms. The fourth-order valence-electron chi connectivity index (χ4n) is 2.09. The minimum atomic E-state index is -0.259. The molecule has 0 saturated carbocycles. The maximum atomic E-state index is 13.1. The molecule has 0 heterocycles. The lowest BCUT2D eigenvalue weighted by Crippen LogP contribution is -2.29. The highest BCUT2D eigenvalue weighted by molar-refractivity contribution is 5.92. The summed E-state index contributed by atoms with van der Waals surface area (Å²) in [6.45, 7) is 2.78. The van der Waals surface area contributed by atoms with Crippen LogP contribution >= 0.6 is 0 Å². The number of carbonyl (C=O) groups excluding carboxylic acids is 1. The molecule has 110 valence electrons. The second-order valence-electron chi connectivity index (χ2n) is 5.22. The third kappa shape index (κ3) is 5.00. The van der Waals surface area contributed by atoms with Gasteiger partial charge in [-0.2, -0.15) is 0 Å². The Hall–Kier alpha value is -2.20. The summed E-state index contributed by atoms with van der Waals surface area (Å²) >= 11 is 0. The van der Waals surface area contributed by atoms with E-state index < -0.39 is 0 Å². The zero-order chi connectivity index (χ0) is 15.2. The molecular formula is C17H19FN2O. The number of nitrogens with one attached hydrogen (secondary N) is 1. The fraction of sp³-hybridized carbons (Fsp3) is 0.235. The van der Waals surface area contributed by atoms with Crippen LogP contribution in [0.25, 0.3) is 0 Å². The standard InChI is InChI=1S/C17H19FN2O/c1-13-6-8-16(9-7-13)19-17(21)12-20(2)11-14-4-3-5-15(18)10-14/h3-10H,11-12H2,1-2H3,(H,19,21). The number of aryl methyl sites for hydroxylation is 1. The summed E-state index contributed by atoms with van der Waals surface area (Å²) < 4.78 is 13.1. The summed E-state index contributed by atoms with van der Waals surface area (Å²) in [4.78, 5) is 13.8. The molecule has 0 aliphatic rings. The SMILES string of the molecule is Cc1ccc(NC(=O)CN(C)Cc2cccc(F)c2)cc1. The molecule has 1 N–H and O–H groups in total. The van der Waals surface area contributed by atoms with Crippen LogP contribution in [0.4, 0.5) is 10.1 Å². The van der Waals surface area contributed by atoms with Gasteiger partial charge in [-0.15, -0.1) is 0 Å². The number of nitrogens with zero attached hydrogens (tertiary/aromatic N) is 1. The minimum Gasteiger partial charge on any atom is -0.325 e. The third-order valence-electron chi connectivity index (χ3n) is 3.09. The van der Waals surface area contributed by atoms with Gasteiger partial charge in [0.15, 0.2) is 0 Å². The molecule has 0 aliphatic carbocycles. The monoisotopic (exact) mass is 286 g/mol. The molecule has 3 nitrogen and oxygen atoms in total. The topological polar surface area (TPSA) is 32.3 Å². The zero-order valence-electron chi connectivity index (χ0n) is 12.3.